The summed E-state index contributed by atoms with van der Waals surface area (Å²) in [7, 11) is 0. The normalized spacial score (nSPS) is 33.5. The summed E-state index contributed by atoms with van der Waals surface area (Å²) in [5.74, 6) is -0.247. The minimum Gasteiger partial charge on any atom is -0.457 e. The average molecular weight is 343 g/mol. The van der Waals surface area contributed by atoms with E-state index in [0.717, 1.165) is 12.8 Å². The molecule has 4 atom stereocenters. The number of esters is 1. The molecule has 2 saturated heterocycles. The van der Waals surface area contributed by atoms with Gasteiger partial charge in [-0.05, 0) is 40.0 Å². The van der Waals surface area contributed by atoms with E-state index in [-0.39, 0.29) is 24.3 Å². The van der Waals surface area contributed by atoms with E-state index in [1.54, 1.807) is 0 Å². The number of nitrogens with two attached hydrogens (primary N) is 1. The predicted molar refractivity (Wildman–Crippen MR) is 90.4 cm³/mol. The first kappa shape index (κ1) is 19.6. The lowest BCUT2D eigenvalue weighted by Crippen LogP contribution is -2.58. The van der Waals surface area contributed by atoms with Gasteiger partial charge < -0.3 is 18.9 Å². The number of hydrogen-bond donors (Lipinski definition) is 1. The van der Waals surface area contributed by atoms with Gasteiger partial charge in [0.05, 0.1) is 24.2 Å². The minimum atomic E-state index is -1.06. The van der Waals surface area contributed by atoms with E-state index in [2.05, 4.69) is 20.8 Å². The van der Waals surface area contributed by atoms with Crippen molar-refractivity contribution in [1.29, 1.82) is 0 Å². The Kier molecular flexibility index (Phi) is 5.65. The molecule has 2 fully saturated rings. The highest BCUT2D eigenvalue weighted by Gasteiger charge is 2.61. The van der Waals surface area contributed by atoms with Crippen LogP contribution in [0.2, 0.25) is 0 Å². The summed E-state index contributed by atoms with van der Waals surface area (Å²) in [6.45, 7) is 12.5. The third kappa shape index (κ3) is 3.47. The molecule has 0 saturated carbocycles. The average Bonchev–Trinajstić information content (AvgIpc) is 3.04. The van der Waals surface area contributed by atoms with Crippen LogP contribution in [0.15, 0.2) is 0 Å². The van der Waals surface area contributed by atoms with Crippen LogP contribution in [0.5, 0.6) is 0 Å². The Labute approximate surface area is 145 Å². The standard InChI is InChI=1S/C18H33NO5/c1-7-16(4,5)15(20)23-12-10-22-18(19)13(11-21-14(12)18)24-17(6,8-2)9-3/h12-14H,7-11,19H2,1-6H3/t12?,13?,14-,18?/m0/s1. The molecule has 2 rings (SSSR count). The minimum absolute atomic E-state index is 0.238. The quantitative estimate of drug-likeness (QED) is 0.715. The smallest absolute Gasteiger partial charge is 0.311 e. The molecule has 0 aliphatic carbocycles. The summed E-state index contributed by atoms with van der Waals surface area (Å²) in [6, 6.07) is 0. The molecule has 2 N–H and O–H groups in total. The van der Waals surface area contributed by atoms with Gasteiger partial charge >= 0.3 is 5.97 Å². The van der Waals surface area contributed by atoms with Gasteiger partial charge in [0.1, 0.15) is 12.2 Å². The number of hydrogen-bond acceptors (Lipinski definition) is 6. The largest absolute Gasteiger partial charge is 0.457 e. The molecule has 0 bridgehead atoms. The molecule has 0 spiro atoms. The van der Waals surface area contributed by atoms with Crippen LogP contribution in [-0.2, 0) is 23.7 Å². The fraction of sp³-hybridized carbons (Fsp3) is 0.944. The molecule has 6 nitrogen and oxygen atoms in total. The highest BCUT2D eigenvalue weighted by atomic mass is 16.7. The molecule has 24 heavy (non-hydrogen) atoms. The maximum absolute atomic E-state index is 12.3. The van der Waals surface area contributed by atoms with Crippen LogP contribution in [0.4, 0.5) is 0 Å². The van der Waals surface area contributed by atoms with Crippen LogP contribution < -0.4 is 5.73 Å². The van der Waals surface area contributed by atoms with Crippen LogP contribution in [0.3, 0.4) is 0 Å². The zero-order valence-corrected chi connectivity index (χ0v) is 15.9. The zero-order valence-electron chi connectivity index (χ0n) is 15.9. The van der Waals surface area contributed by atoms with Gasteiger partial charge in [-0.1, -0.05) is 20.8 Å². The van der Waals surface area contributed by atoms with Gasteiger partial charge in [0.25, 0.3) is 0 Å². The molecule has 2 aliphatic heterocycles. The van der Waals surface area contributed by atoms with Crippen LogP contribution in [0.1, 0.15) is 60.8 Å². The molecule has 0 aromatic heterocycles. The molecular formula is C18H33NO5. The van der Waals surface area contributed by atoms with Crippen LogP contribution in [0, 0.1) is 5.41 Å². The summed E-state index contributed by atoms with van der Waals surface area (Å²) in [4.78, 5) is 12.3. The number of carbonyl (C=O) groups excluding carboxylic acids is 1. The number of carbonyl (C=O) groups is 1. The SMILES string of the molecule is CCC(C)(CC)OC1CO[C@H]2C(OC(=O)C(C)(C)CC)COC12N. The van der Waals surface area contributed by atoms with Gasteiger partial charge in [-0.25, -0.2) is 0 Å². The number of rotatable bonds is 7. The van der Waals surface area contributed by atoms with Crippen molar-refractivity contribution in [2.75, 3.05) is 13.2 Å². The molecule has 0 aromatic carbocycles. The second-order valence-corrected chi connectivity index (χ2v) is 7.86. The lowest BCUT2D eigenvalue weighted by atomic mass is 9.90. The molecule has 0 amide bonds. The summed E-state index contributed by atoms with van der Waals surface area (Å²) >= 11 is 0. The van der Waals surface area contributed by atoms with Crippen LogP contribution in [-0.4, -0.2) is 48.8 Å². The van der Waals surface area contributed by atoms with Gasteiger partial charge in [0.2, 0.25) is 0 Å². The van der Waals surface area contributed by atoms with Crippen molar-refractivity contribution in [2.45, 2.75) is 90.4 Å². The Bertz CT molecular complexity index is 462. The summed E-state index contributed by atoms with van der Waals surface area (Å²) < 4.78 is 23.6. The number of fused-ring (bicyclic) bond motifs is 1. The highest BCUT2D eigenvalue weighted by Crippen LogP contribution is 2.39. The molecule has 0 radical (unpaired) electrons. The van der Waals surface area contributed by atoms with E-state index >= 15 is 0 Å². The molecule has 2 heterocycles. The topological polar surface area (TPSA) is 80.0 Å². The van der Waals surface area contributed by atoms with E-state index < -0.39 is 23.3 Å². The van der Waals surface area contributed by atoms with Gasteiger partial charge in [0, 0.05) is 0 Å². The Morgan fingerprint density at radius 3 is 2.33 bits per heavy atom. The lowest BCUT2D eigenvalue weighted by Gasteiger charge is -2.36. The third-order valence-corrected chi connectivity index (χ3v) is 5.83. The van der Waals surface area contributed by atoms with Gasteiger partial charge in [0.15, 0.2) is 11.8 Å². The highest BCUT2D eigenvalue weighted by molar-refractivity contribution is 5.76. The second-order valence-electron chi connectivity index (χ2n) is 7.86. The van der Waals surface area contributed by atoms with E-state index in [0.29, 0.717) is 13.0 Å². The van der Waals surface area contributed by atoms with E-state index in [9.17, 15) is 4.79 Å². The maximum atomic E-state index is 12.3. The Morgan fingerprint density at radius 1 is 1.17 bits per heavy atom. The van der Waals surface area contributed by atoms with E-state index in [4.69, 9.17) is 24.7 Å². The van der Waals surface area contributed by atoms with Gasteiger partial charge in [-0.3, -0.25) is 10.5 Å². The monoisotopic (exact) mass is 343 g/mol. The van der Waals surface area contributed by atoms with Crippen molar-refractivity contribution in [2.24, 2.45) is 11.1 Å². The van der Waals surface area contributed by atoms with Gasteiger partial charge in [-0.15, -0.1) is 0 Å². The number of ether oxygens (including phenoxy) is 4. The van der Waals surface area contributed by atoms with E-state index in [1.165, 1.54) is 0 Å². The van der Waals surface area contributed by atoms with Crippen LogP contribution >= 0.6 is 0 Å². The zero-order chi connectivity index (χ0) is 18.2. The van der Waals surface area contributed by atoms with Crippen LogP contribution in [0.25, 0.3) is 0 Å². The fourth-order valence-corrected chi connectivity index (χ4v) is 2.94. The first-order valence-electron chi connectivity index (χ1n) is 9.05. The first-order chi connectivity index (χ1) is 11.1. The molecule has 6 heteroatoms. The van der Waals surface area contributed by atoms with Crippen molar-refractivity contribution in [3.63, 3.8) is 0 Å². The van der Waals surface area contributed by atoms with Crippen molar-refractivity contribution in [3.05, 3.63) is 0 Å². The maximum Gasteiger partial charge on any atom is 0.311 e. The Morgan fingerprint density at radius 2 is 1.79 bits per heavy atom. The van der Waals surface area contributed by atoms with Crippen molar-refractivity contribution >= 4 is 5.97 Å². The Hall–Kier alpha value is -0.690. The molecular weight excluding hydrogens is 310 g/mol. The molecule has 2 aliphatic rings. The Balaban J connectivity index is 2.06. The van der Waals surface area contributed by atoms with Crippen molar-refractivity contribution in [1.82, 2.24) is 0 Å². The molecule has 140 valence electrons. The lowest BCUT2D eigenvalue weighted by molar-refractivity contribution is -0.165. The fourth-order valence-electron chi connectivity index (χ4n) is 2.94. The molecule has 3 unspecified atom stereocenters. The van der Waals surface area contributed by atoms with E-state index in [1.807, 2.05) is 20.8 Å². The summed E-state index contributed by atoms with van der Waals surface area (Å²) in [5, 5.41) is 0. The van der Waals surface area contributed by atoms with Gasteiger partial charge in [-0.2, -0.15) is 0 Å². The van der Waals surface area contributed by atoms with Crippen molar-refractivity contribution in [3.8, 4) is 0 Å². The second kappa shape index (κ2) is 6.90. The third-order valence-electron chi connectivity index (χ3n) is 5.83. The first-order valence-corrected chi connectivity index (χ1v) is 9.05. The summed E-state index contributed by atoms with van der Waals surface area (Å²) in [5.41, 5.74) is 4.61. The predicted octanol–water partition coefficient (Wildman–Crippen LogP) is 2.38. The molecule has 0 aromatic rings. The summed E-state index contributed by atoms with van der Waals surface area (Å²) in [6.07, 6.45) is 1.12. The van der Waals surface area contributed by atoms with Crippen molar-refractivity contribution < 1.29 is 23.7 Å².